The lowest BCUT2D eigenvalue weighted by Gasteiger charge is -2.29. The van der Waals surface area contributed by atoms with Crippen molar-refractivity contribution in [3.63, 3.8) is 0 Å². The summed E-state index contributed by atoms with van der Waals surface area (Å²) in [6.45, 7) is 5.43. The molecular weight excluding hydrogens is 264 g/mol. The van der Waals surface area contributed by atoms with E-state index in [0.717, 1.165) is 18.6 Å². The van der Waals surface area contributed by atoms with E-state index in [1.807, 2.05) is 31.3 Å². The van der Waals surface area contributed by atoms with Crippen molar-refractivity contribution in [3.05, 3.63) is 29.8 Å². The van der Waals surface area contributed by atoms with E-state index < -0.39 is 0 Å². The minimum absolute atomic E-state index is 0.0274. The first kappa shape index (κ1) is 17.5. The van der Waals surface area contributed by atoms with Crippen LogP contribution in [-0.2, 0) is 11.2 Å². The van der Waals surface area contributed by atoms with Crippen molar-refractivity contribution in [2.75, 3.05) is 27.2 Å². The van der Waals surface area contributed by atoms with E-state index >= 15 is 0 Å². The van der Waals surface area contributed by atoms with Gasteiger partial charge in [-0.05, 0) is 42.5 Å². The molecule has 0 saturated heterocycles. The summed E-state index contributed by atoms with van der Waals surface area (Å²) < 4.78 is 5.13. The lowest BCUT2D eigenvalue weighted by molar-refractivity contribution is -0.131. The third-order valence-corrected chi connectivity index (χ3v) is 3.66. The summed E-state index contributed by atoms with van der Waals surface area (Å²) >= 11 is 0. The largest absolute Gasteiger partial charge is 0.497 e. The Bertz CT molecular complexity index is 441. The third kappa shape index (κ3) is 6.17. The first-order chi connectivity index (χ1) is 9.88. The quantitative estimate of drug-likeness (QED) is 0.801. The number of rotatable bonds is 8. The van der Waals surface area contributed by atoms with Gasteiger partial charge in [-0.2, -0.15) is 0 Å². The van der Waals surface area contributed by atoms with Crippen LogP contribution in [-0.4, -0.2) is 38.1 Å². The smallest absolute Gasteiger partial charge is 0.222 e. The van der Waals surface area contributed by atoms with Gasteiger partial charge in [-0.15, -0.1) is 0 Å². The Balaban J connectivity index is 2.35. The van der Waals surface area contributed by atoms with E-state index in [1.54, 1.807) is 12.0 Å². The Morgan fingerprint density at radius 1 is 1.29 bits per heavy atom. The Morgan fingerprint density at radius 2 is 1.90 bits per heavy atom. The summed E-state index contributed by atoms with van der Waals surface area (Å²) in [5.74, 6) is 1.05. The fourth-order valence-corrected chi connectivity index (χ4v) is 2.22. The van der Waals surface area contributed by atoms with Crippen LogP contribution in [0.4, 0.5) is 0 Å². The third-order valence-electron chi connectivity index (χ3n) is 3.66. The maximum atomic E-state index is 12.1. The molecule has 4 heteroatoms. The van der Waals surface area contributed by atoms with Crippen molar-refractivity contribution in [1.29, 1.82) is 0 Å². The van der Waals surface area contributed by atoms with Crippen molar-refractivity contribution < 1.29 is 9.53 Å². The number of hydrogen-bond donors (Lipinski definition) is 1. The number of carbonyl (C=O) groups is 1. The van der Waals surface area contributed by atoms with Gasteiger partial charge in [-0.3, -0.25) is 4.79 Å². The van der Waals surface area contributed by atoms with Crippen LogP contribution in [0.25, 0.3) is 0 Å². The van der Waals surface area contributed by atoms with Gasteiger partial charge in [0.2, 0.25) is 5.91 Å². The molecule has 0 radical (unpaired) electrons. The number of aryl methyl sites for hydroxylation is 1. The predicted molar refractivity (Wildman–Crippen MR) is 86.4 cm³/mol. The van der Waals surface area contributed by atoms with Crippen LogP contribution in [0.1, 0.15) is 32.3 Å². The van der Waals surface area contributed by atoms with E-state index in [0.29, 0.717) is 19.5 Å². The van der Waals surface area contributed by atoms with E-state index in [-0.39, 0.29) is 11.3 Å². The highest BCUT2D eigenvalue weighted by molar-refractivity contribution is 5.75. The first-order valence-electron chi connectivity index (χ1n) is 7.45. The van der Waals surface area contributed by atoms with Crippen LogP contribution < -0.4 is 10.5 Å². The highest BCUT2D eigenvalue weighted by Crippen LogP contribution is 2.16. The van der Waals surface area contributed by atoms with Crippen LogP contribution in [0.3, 0.4) is 0 Å². The van der Waals surface area contributed by atoms with E-state index in [4.69, 9.17) is 10.5 Å². The zero-order valence-corrected chi connectivity index (χ0v) is 13.7. The highest BCUT2D eigenvalue weighted by atomic mass is 16.5. The normalized spacial score (nSPS) is 11.3. The highest BCUT2D eigenvalue weighted by Gasteiger charge is 2.20. The minimum Gasteiger partial charge on any atom is -0.497 e. The van der Waals surface area contributed by atoms with Gasteiger partial charge in [0.15, 0.2) is 0 Å². The predicted octanol–water partition coefficient (Wildman–Crippen LogP) is 2.46. The molecule has 0 fully saturated rings. The van der Waals surface area contributed by atoms with Gasteiger partial charge in [0.25, 0.3) is 0 Å². The molecule has 0 saturated carbocycles. The van der Waals surface area contributed by atoms with E-state index in [2.05, 4.69) is 13.8 Å². The van der Waals surface area contributed by atoms with Gasteiger partial charge in [-0.25, -0.2) is 0 Å². The number of methoxy groups -OCH3 is 1. The molecule has 1 aromatic rings. The molecule has 0 heterocycles. The van der Waals surface area contributed by atoms with Crippen LogP contribution >= 0.6 is 0 Å². The number of nitrogens with zero attached hydrogens (tertiary/aromatic N) is 1. The molecule has 21 heavy (non-hydrogen) atoms. The number of benzene rings is 1. The van der Waals surface area contributed by atoms with Gasteiger partial charge in [0.1, 0.15) is 5.75 Å². The van der Waals surface area contributed by atoms with Gasteiger partial charge in [-0.1, -0.05) is 26.0 Å². The average molecular weight is 292 g/mol. The SMILES string of the molecule is COc1ccc(CCCC(=O)N(C)CC(C)(C)CN)cc1. The lowest BCUT2D eigenvalue weighted by atomic mass is 9.93. The molecule has 1 amide bonds. The minimum atomic E-state index is -0.0274. The molecule has 1 aromatic carbocycles. The van der Waals surface area contributed by atoms with Gasteiger partial charge < -0.3 is 15.4 Å². The second-order valence-electron chi connectivity index (χ2n) is 6.32. The lowest BCUT2D eigenvalue weighted by Crippen LogP contribution is -2.39. The van der Waals surface area contributed by atoms with Crippen molar-refractivity contribution in [2.45, 2.75) is 33.1 Å². The van der Waals surface area contributed by atoms with Gasteiger partial charge >= 0.3 is 0 Å². The number of carbonyl (C=O) groups excluding carboxylic acids is 1. The Hall–Kier alpha value is -1.55. The van der Waals surface area contributed by atoms with Gasteiger partial charge in [0.05, 0.1) is 7.11 Å². The molecular formula is C17H28N2O2. The second-order valence-corrected chi connectivity index (χ2v) is 6.32. The molecule has 0 aliphatic heterocycles. The molecule has 0 unspecified atom stereocenters. The number of hydrogen-bond acceptors (Lipinski definition) is 3. The summed E-state index contributed by atoms with van der Waals surface area (Å²) in [7, 11) is 3.51. The van der Waals surface area contributed by atoms with Crippen molar-refractivity contribution in [1.82, 2.24) is 4.90 Å². The maximum Gasteiger partial charge on any atom is 0.222 e. The molecule has 0 atom stereocenters. The second kappa shape index (κ2) is 8.03. The maximum absolute atomic E-state index is 12.1. The Kier molecular flexibility index (Phi) is 6.69. The first-order valence-corrected chi connectivity index (χ1v) is 7.45. The summed E-state index contributed by atoms with van der Waals surface area (Å²) in [5, 5.41) is 0. The topological polar surface area (TPSA) is 55.6 Å². The molecule has 1 rings (SSSR count). The van der Waals surface area contributed by atoms with Gasteiger partial charge in [0, 0.05) is 20.0 Å². The molecule has 0 spiro atoms. The number of ether oxygens (including phenoxy) is 1. The number of amides is 1. The summed E-state index contributed by atoms with van der Waals surface area (Å²) in [6, 6.07) is 8.00. The summed E-state index contributed by atoms with van der Waals surface area (Å²) in [6.07, 6.45) is 2.34. The summed E-state index contributed by atoms with van der Waals surface area (Å²) in [5.41, 5.74) is 6.91. The monoisotopic (exact) mass is 292 g/mol. The van der Waals surface area contributed by atoms with Crippen LogP contribution in [0.2, 0.25) is 0 Å². The van der Waals surface area contributed by atoms with E-state index in [9.17, 15) is 4.79 Å². The Morgan fingerprint density at radius 3 is 2.43 bits per heavy atom. The molecule has 0 aromatic heterocycles. The van der Waals surface area contributed by atoms with Crippen molar-refractivity contribution in [3.8, 4) is 5.75 Å². The molecule has 2 N–H and O–H groups in total. The fourth-order valence-electron chi connectivity index (χ4n) is 2.22. The number of nitrogens with two attached hydrogens (primary N) is 1. The Labute approximate surface area is 128 Å². The molecule has 0 aliphatic rings. The zero-order chi connectivity index (χ0) is 15.9. The molecule has 118 valence electrons. The van der Waals surface area contributed by atoms with Crippen LogP contribution in [0.5, 0.6) is 5.75 Å². The fraction of sp³-hybridized carbons (Fsp3) is 0.588. The van der Waals surface area contributed by atoms with E-state index in [1.165, 1.54) is 5.56 Å². The average Bonchev–Trinajstić information content (AvgIpc) is 2.47. The molecule has 0 bridgehead atoms. The van der Waals surface area contributed by atoms with Crippen LogP contribution in [0.15, 0.2) is 24.3 Å². The summed E-state index contributed by atoms with van der Waals surface area (Å²) in [4.78, 5) is 13.9. The molecule has 0 aliphatic carbocycles. The standard InChI is InChI=1S/C17H28N2O2/c1-17(2,12-18)13-19(3)16(20)7-5-6-14-8-10-15(21-4)11-9-14/h8-11H,5-7,12-13,18H2,1-4H3. The van der Waals surface area contributed by atoms with Crippen LogP contribution in [0, 0.1) is 5.41 Å². The molecule has 4 nitrogen and oxygen atoms in total. The van der Waals surface area contributed by atoms with Crippen molar-refractivity contribution >= 4 is 5.91 Å². The van der Waals surface area contributed by atoms with Crippen molar-refractivity contribution in [2.24, 2.45) is 11.1 Å². The zero-order valence-electron chi connectivity index (χ0n) is 13.7.